The molecule has 20 heavy (non-hydrogen) atoms. The van der Waals surface area contributed by atoms with Gasteiger partial charge < -0.3 is 15.2 Å². The molecule has 2 aromatic rings. The Morgan fingerprint density at radius 2 is 1.95 bits per heavy atom. The van der Waals surface area contributed by atoms with Crippen molar-refractivity contribution in [2.45, 2.75) is 25.4 Å². The molecular formula is C17H19NO2. The smallest absolute Gasteiger partial charge is 0.124 e. The normalized spacial score (nSPS) is 18.4. The number of ether oxygens (including phenoxy) is 1. The van der Waals surface area contributed by atoms with E-state index < -0.39 is 0 Å². The Kier molecular flexibility index (Phi) is 3.61. The van der Waals surface area contributed by atoms with Gasteiger partial charge in [0, 0.05) is 11.6 Å². The molecule has 0 spiro atoms. The number of hydrogen-bond acceptors (Lipinski definition) is 3. The average molecular weight is 269 g/mol. The van der Waals surface area contributed by atoms with Gasteiger partial charge in [0.25, 0.3) is 0 Å². The first-order valence-corrected chi connectivity index (χ1v) is 7.04. The van der Waals surface area contributed by atoms with E-state index in [1.165, 1.54) is 11.1 Å². The van der Waals surface area contributed by atoms with Crippen molar-refractivity contribution in [3.8, 4) is 11.5 Å². The molecular weight excluding hydrogens is 250 g/mol. The van der Waals surface area contributed by atoms with Gasteiger partial charge in [-0.2, -0.15) is 0 Å². The Bertz CT molecular complexity index is 580. The molecule has 2 atom stereocenters. The zero-order chi connectivity index (χ0) is 13.9. The van der Waals surface area contributed by atoms with E-state index in [0.29, 0.717) is 12.4 Å². The molecule has 0 aliphatic carbocycles. The van der Waals surface area contributed by atoms with E-state index in [1.54, 1.807) is 12.1 Å². The van der Waals surface area contributed by atoms with Crippen molar-refractivity contribution < 1.29 is 9.84 Å². The molecule has 0 radical (unpaired) electrons. The first-order chi connectivity index (χ1) is 9.78. The second-order valence-corrected chi connectivity index (χ2v) is 5.12. The predicted molar refractivity (Wildman–Crippen MR) is 79.0 cm³/mol. The number of rotatable bonds is 4. The lowest BCUT2D eigenvalue weighted by molar-refractivity contribution is 0.295. The van der Waals surface area contributed by atoms with Gasteiger partial charge in [0.1, 0.15) is 18.1 Å². The number of para-hydroxylation sites is 1. The lowest BCUT2D eigenvalue weighted by Gasteiger charge is -2.21. The first kappa shape index (κ1) is 13.0. The van der Waals surface area contributed by atoms with Gasteiger partial charge in [-0.3, -0.25) is 0 Å². The highest BCUT2D eigenvalue weighted by Crippen LogP contribution is 2.34. The number of phenolic OH excluding ortho intramolecular Hbond substituents is 1. The highest BCUT2D eigenvalue weighted by Gasteiger charge is 2.25. The Labute approximate surface area is 119 Å². The monoisotopic (exact) mass is 269 g/mol. The van der Waals surface area contributed by atoms with E-state index in [2.05, 4.69) is 18.3 Å². The minimum atomic E-state index is 0.227. The van der Waals surface area contributed by atoms with E-state index >= 15 is 0 Å². The molecule has 2 unspecified atom stereocenters. The summed E-state index contributed by atoms with van der Waals surface area (Å²) in [6.45, 7) is 2.83. The summed E-state index contributed by atoms with van der Waals surface area (Å²) >= 11 is 0. The van der Waals surface area contributed by atoms with Gasteiger partial charge in [0.05, 0.1) is 6.04 Å². The van der Waals surface area contributed by atoms with Gasteiger partial charge in [0.15, 0.2) is 0 Å². The van der Waals surface area contributed by atoms with Crippen LogP contribution in [0.1, 0.15) is 36.6 Å². The summed E-state index contributed by atoms with van der Waals surface area (Å²) in [5.41, 5.74) is 2.42. The highest BCUT2D eigenvalue weighted by molar-refractivity contribution is 5.39. The van der Waals surface area contributed by atoms with Crippen molar-refractivity contribution in [1.82, 2.24) is 5.32 Å². The average Bonchev–Trinajstić information content (AvgIpc) is 2.89. The number of benzene rings is 2. The molecule has 0 bridgehead atoms. The van der Waals surface area contributed by atoms with Crippen molar-refractivity contribution >= 4 is 0 Å². The molecule has 0 saturated heterocycles. The van der Waals surface area contributed by atoms with Crippen molar-refractivity contribution in [2.75, 3.05) is 6.61 Å². The maximum absolute atomic E-state index is 9.39. The van der Waals surface area contributed by atoms with Gasteiger partial charge in [-0.25, -0.2) is 0 Å². The molecule has 1 aliphatic heterocycles. The van der Waals surface area contributed by atoms with Gasteiger partial charge in [-0.15, -0.1) is 0 Å². The summed E-state index contributed by atoms with van der Waals surface area (Å²) in [5.74, 6) is 1.28. The van der Waals surface area contributed by atoms with Crippen LogP contribution >= 0.6 is 0 Å². The lowest BCUT2D eigenvalue weighted by Crippen LogP contribution is -2.27. The van der Waals surface area contributed by atoms with E-state index in [9.17, 15) is 5.11 Å². The van der Waals surface area contributed by atoms with Gasteiger partial charge in [-0.1, -0.05) is 37.3 Å². The molecule has 2 N–H and O–H groups in total. The summed E-state index contributed by atoms with van der Waals surface area (Å²) in [6, 6.07) is 16.1. The molecule has 3 heteroatoms. The van der Waals surface area contributed by atoms with E-state index in [0.717, 1.165) is 12.2 Å². The molecule has 0 fully saturated rings. The van der Waals surface area contributed by atoms with Crippen LogP contribution in [0.2, 0.25) is 0 Å². The molecule has 1 heterocycles. The fourth-order valence-corrected chi connectivity index (χ4v) is 2.70. The number of fused-ring (bicyclic) bond motifs is 1. The Morgan fingerprint density at radius 3 is 2.70 bits per heavy atom. The fraction of sp³-hybridized carbons (Fsp3) is 0.294. The van der Waals surface area contributed by atoms with Gasteiger partial charge in [-0.05, 0) is 30.2 Å². The maximum atomic E-state index is 9.39. The largest absolute Gasteiger partial charge is 0.508 e. The minimum absolute atomic E-state index is 0.227. The van der Waals surface area contributed by atoms with Crippen LogP contribution in [0.25, 0.3) is 0 Å². The lowest BCUT2D eigenvalue weighted by atomic mass is 10.0. The molecule has 3 rings (SSSR count). The molecule has 104 valence electrons. The SMILES string of the molecule is CCC(NC1COc2ccccc21)c1ccc(O)cc1. The van der Waals surface area contributed by atoms with E-state index in [1.807, 2.05) is 30.3 Å². The summed E-state index contributed by atoms with van der Waals surface area (Å²) in [5, 5.41) is 13.0. The molecule has 0 amide bonds. The predicted octanol–water partition coefficient (Wildman–Crippen LogP) is 3.57. The standard InChI is InChI=1S/C17H19NO2/c1-2-15(12-7-9-13(19)10-8-12)18-16-11-20-17-6-4-3-5-14(16)17/h3-10,15-16,18-19H,2,11H2,1H3. The third kappa shape index (κ3) is 2.49. The van der Waals surface area contributed by atoms with Crippen molar-refractivity contribution in [3.63, 3.8) is 0 Å². The maximum Gasteiger partial charge on any atom is 0.124 e. The first-order valence-electron chi connectivity index (χ1n) is 7.04. The van der Waals surface area contributed by atoms with Crippen LogP contribution in [-0.4, -0.2) is 11.7 Å². The quantitative estimate of drug-likeness (QED) is 0.891. The summed E-state index contributed by atoms with van der Waals surface area (Å²) in [4.78, 5) is 0. The summed E-state index contributed by atoms with van der Waals surface area (Å²) < 4.78 is 5.71. The van der Waals surface area contributed by atoms with Gasteiger partial charge in [0.2, 0.25) is 0 Å². The van der Waals surface area contributed by atoms with Crippen LogP contribution in [0.5, 0.6) is 11.5 Å². The van der Waals surface area contributed by atoms with Crippen molar-refractivity contribution in [2.24, 2.45) is 0 Å². The number of nitrogens with one attached hydrogen (secondary N) is 1. The van der Waals surface area contributed by atoms with E-state index in [4.69, 9.17) is 4.74 Å². The molecule has 3 nitrogen and oxygen atoms in total. The zero-order valence-electron chi connectivity index (χ0n) is 11.5. The second-order valence-electron chi connectivity index (χ2n) is 5.12. The van der Waals surface area contributed by atoms with Crippen LogP contribution in [0.3, 0.4) is 0 Å². The molecule has 2 aromatic carbocycles. The molecule has 0 saturated carbocycles. The molecule has 0 aromatic heterocycles. The minimum Gasteiger partial charge on any atom is -0.508 e. The van der Waals surface area contributed by atoms with Crippen LogP contribution in [0.4, 0.5) is 0 Å². The third-order valence-corrected chi connectivity index (χ3v) is 3.81. The third-order valence-electron chi connectivity index (χ3n) is 3.81. The summed E-state index contributed by atoms with van der Waals surface area (Å²) in [7, 11) is 0. The Balaban J connectivity index is 1.78. The Morgan fingerprint density at radius 1 is 1.20 bits per heavy atom. The number of phenols is 1. The number of aromatic hydroxyl groups is 1. The highest BCUT2D eigenvalue weighted by atomic mass is 16.5. The van der Waals surface area contributed by atoms with Crippen LogP contribution < -0.4 is 10.1 Å². The van der Waals surface area contributed by atoms with Crippen LogP contribution in [0.15, 0.2) is 48.5 Å². The topological polar surface area (TPSA) is 41.5 Å². The number of hydrogen-bond donors (Lipinski definition) is 2. The summed E-state index contributed by atoms with van der Waals surface area (Å²) in [6.07, 6.45) is 0.990. The second kappa shape index (κ2) is 5.55. The van der Waals surface area contributed by atoms with Crippen LogP contribution in [0, 0.1) is 0 Å². The van der Waals surface area contributed by atoms with Gasteiger partial charge >= 0.3 is 0 Å². The van der Waals surface area contributed by atoms with Crippen molar-refractivity contribution in [1.29, 1.82) is 0 Å². The van der Waals surface area contributed by atoms with Crippen LogP contribution in [-0.2, 0) is 0 Å². The van der Waals surface area contributed by atoms with Crippen molar-refractivity contribution in [3.05, 3.63) is 59.7 Å². The fourth-order valence-electron chi connectivity index (χ4n) is 2.70. The zero-order valence-corrected chi connectivity index (χ0v) is 11.5. The van der Waals surface area contributed by atoms with E-state index in [-0.39, 0.29) is 12.1 Å². The Hall–Kier alpha value is -2.00. The molecule has 1 aliphatic rings.